The predicted molar refractivity (Wildman–Crippen MR) is 224 cm³/mol. The van der Waals surface area contributed by atoms with Crippen molar-refractivity contribution in [3.05, 3.63) is 133 Å². The van der Waals surface area contributed by atoms with Gasteiger partial charge in [0.1, 0.15) is 0 Å². The molecule has 0 heterocycles. The van der Waals surface area contributed by atoms with Crippen LogP contribution in [0, 0.1) is 72.0 Å². The maximum atomic E-state index is 4.93. The van der Waals surface area contributed by atoms with Crippen LogP contribution in [0.2, 0.25) is 0 Å². The van der Waals surface area contributed by atoms with Crippen LogP contribution in [0.15, 0.2) is 107 Å². The van der Waals surface area contributed by atoms with Gasteiger partial charge in [0, 0.05) is 5.41 Å². The van der Waals surface area contributed by atoms with Crippen LogP contribution in [-0.4, -0.2) is 0 Å². The van der Waals surface area contributed by atoms with Crippen molar-refractivity contribution in [3.63, 3.8) is 0 Å². The normalized spacial score (nSPS) is 30.3. The maximum absolute atomic E-state index is 4.93. The molecule has 0 spiro atoms. The molecule has 0 aliphatic heterocycles. The Labute approximate surface area is 338 Å². The third kappa shape index (κ3) is 6.85. The zero-order chi connectivity index (χ0) is 35.7. The van der Waals surface area contributed by atoms with Crippen LogP contribution in [0.5, 0.6) is 0 Å². The topological polar surface area (TPSA) is 0 Å². The molecular weight excluding hydrogens is 751 g/mol. The zero-order valence-electron chi connectivity index (χ0n) is 34.0. The fourth-order valence-corrected chi connectivity index (χ4v) is 12.1. The van der Waals surface area contributed by atoms with Gasteiger partial charge in [-0.25, -0.2) is 0 Å². The summed E-state index contributed by atoms with van der Waals surface area (Å²) in [5.41, 5.74) is 10.7. The first-order chi connectivity index (χ1) is 23.7. The van der Waals surface area contributed by atoms with E-state index in [1.807, 2.05) is 0 Å². The first kappa shape index (κ1) is 42.0. The summed E-state index contributed by atoms with van der Waals surface area (Å²) in [5, 5.41) is 0. The Morgan fingerprint density at radius 2 is 0.788 bits per heavy atom. The zero-order valence-corrected chi connectivity index (χ0v) is 37.9. The number of rotatable bonds is 4. The van der Waals surface area contributed by atoms with Crippen molar-refractivity contribution in [2.24, 2.45) is 57.2 Å². The average Bonchev–Trinajstić information content (AvgIpc) is 3.74. The molecule has 4 atom stereocenters. The Hall–Kier alpha value is -1.14. The van der Waals surface area contributed by atoms with E-state index in [1.165, 1.54) is 51.4 Å². The van der Waals surface area contributed by atoms with Crippen molar-refractivity contribution >= 4 is 17.0 Å². The SMILES string of the molecule is CC1(C)CCC(C)(C)C2=CC3C(C=C21)C1C=C2C(=CC1C3C(c1ccccc1)(c1ccccc1)C1CCCC1)C(C)(C)CCC2(C)C.[CH3-].[CH3-].[Cl][Zr+2][Cl]. The number of fused-ring (bicyclic) bond motifs is 5. The van der Waals surface area contributed by atoms with Crippen LogP contribution < -0.4 is 0 Å². The van der Waals surface area contributed by atoms with E-state index in [0.29, 0.717) is 35.5 Å². The van der Waals surface area contributed by atoms with Crippen molar-refractivity contribution < 1.29 is 20.8 Å². The molecule has 8 rings (SSSR count). The standard InChI is InChI=1S/C47H60.2CH3.2ClH.Zr/c1-43(2)23-25-45(5,6)40-29-36-34(27-38(40)43)35-28-39-41(46(7,8)26-24-44(39,3)4)30-37(35)42(36)47(33-21-15-16-22-33,31-17-11-9-12-18-31)32-19-13-10-14-20-32;;;;;/h9-14,17-20,27-30,33-37,42H,15-16,21-26H2,1-8H3;2*1H3;2*1H;/q;2*-1;;;+4/p-2. The van der Waals surface area contributed by atoms with Crippen LogP contribution in [0.25, 0.3) is 0 Å². The molecule has 4 saturated carbocycles. The molecule has 4 unspecified atom stereocenters. The van der Waals surface area contributed by atoms with Crippen molar-refractivity contribution in [3.8, 4) is 0 Å². The molecule has 6 aliphatic rings. The first-order valence-corrected chi connectivity index (χ1v) is 26.0. The second-order valence-corrected chi connectivity index (χ2v) is 23.1. The summed E-state index contributed by atoms with van der Waals surface area (Å²) in [5.74, 6) is 3.25. The summed E-state index contributed by atoms with van der Waals surface area (Å²) >= 11 is -0.826. The van der Waals surface area contributed by atoms with Gasteiger partial charge in [0.15, 0.2) is 0 Å². The molecule has 3 heteroatoms. The number of allylic oxidation sites excluding steroid dienone is 8. The Morgan fingerprint density at radius 3 is 1.10 bits per heavy atom. The molecule has 0 aromatic heterocycles. The molecule has 0 radical (unpaired) electrons. The van der Waals surface area contributed by atoms with Crippen LogP contribution >= 0.6 is 17.0 Å². The Kier molecular flexibility index (Phi) is 12.5. The number of benzene rings is 2. The molecule has 0 bridgehead atoms. The molecule has 4 fully saturated rings. The van der Waals surface area contributed by atoms with E-state index >= 15 is 0 Å². The van der Waals surface area contributed by atoms with Crippen molar-refractivity contribution in [2.45, 2.75) is 112 Å². The van der Waals surface area contributed by atoms with Crippen LogP contribution in [0.3, 0.4) is 0 Å². The van der Waals surface area contributed by atoms with E-state index in [1.54, 1.807) is 33.4 Å². The molecule has 0 N–H and O–H groups in total. The molecule has 280 valence electrons. The van der Waals surface area contributed by atoms with Crippen molar-refractivity contribution in [1.29, 1.82) is 0 Å². The Bertz CT molecular complexity index is 1570. The number of halogens is 2. The minimum atomic E-state index is -0.826. The minimum absolute atomic E-state index is 0. The fourth-order valence-electron chi connectivity index (χ4n) is 12.1. The summed E-state index contributed by atoms with van der Waals surface area (Å²) < 4.78 is 0. The van der Waals surface area contributed by atoms with Crippen LogP contribution in [0.4, 0.5) is 0 Å². The summed E-state index contributed by atoms with van der Waals surface area (Å²) in [6.45, 7) is 20.3. The predicted octanol–water partition coefficient (Wildman–Crippen LogP) is 15.0. The molecule has 52 heavy (non-hydrogen) atoms. The van der Waals surface area contributed by atoms with Gasteiger partial charge < -0.3 is 14.9 Å². The van der Waals surface area contributed by atoms with E-state index in [9.17, 15) is 0 Å². The Balaban J connectivity index is 0.00000101. The van der Waals surface area contributed by atoms with Gasteiger partial charge in [-0.2, -0.15) is 0 Å². The van der Waals surface area contributed by atoms with Gasteiger partial charge in [-0.1, -0.05) is 153 Å². The molecule has 6 aliphatic carbocycles. The van der Waals surface area contributed by atoms with E-state index in [-0.39, 0.29) is 41.9 Å². The number of hydrogen-bond acceptors (Lipinski definition) is 0. The molecular formula is C49H66Cl2Zr. The quantitative estimate of drug-likeness (QED) is 0.270. The summed E-state index contributed by atoms with van der Waals surface area (Å²) in [7, 11) is 9.87. The van der Waals surface area contributed by atoms with E-state index in [0.717, 1.165) is 0 Å². The van der Waals surface area contributed by atoms with E-state index < -0.39 is 20.8 Å². The molecule has 0 nitrogen and oxygen atoms in total. The number of hydrogen-bond donors (Lipinski definition) is 0. The Morgan fingerprint density at radius 1 is 0.500 bits per heavy atom. The fraction of sp³-hybridized carbons (Fsp3) is 0.551. The van der Waals surface area contributed by atoms with Gasteiger partial charge in [0.05, 0.1) is 0 Å². The van der Waals surface area contributed by atoms with Gasteiger partial charge in [0.2, 0.25) is 0 Å². The van der Waals surface area contributed by atoms with Crippen LogP contribution in [-0.2, 0) is 26.3 Å². The average molecular weight is 817 g/mol. The van der Waals surface area contributed by atoms with Gasteiger partial charge in [-0.05, 0) is 129 Å². The second-order valence-electron chi connectivity index (χ2n) is 19.3. The van der Waals surface area contributed by atoms with Gasteiger partial charge in [-0.3, -0.25) is 0 Å². The molecule has 0 saturated heterocycles. The summed E-state index contributed by atoms with van der Waals surface area (Å²) in [4.78, 5) is 0. The first-order valence-electron chi connectivity index (χ1n) is 19.7. The molecule has 2 aromatic carbocycles. The van der Waals surface area contributed by atoms with Crippen molar-refractivity contribution in [2.75, 3.05) is 0 Å². The van der Waals surface area contributed by atoms with E-state index in [2.05, 4.69) is 140 Å². The molecule has 2 aromatic rings. The van der Waals surface area contributed by atoms with Gasteiger partial charge in [-0.15, -0.1) is 0 Å². The van der Waals surface area contributed by atoms with Crippen LogP contribution in [0.1, 0.15) is 118 Å². The third-order valence-electron chi connectivity index (χ3n) is 14.9. The summed E-state index contributed by atoms with van der Waals surface area (Å²) in [6.07, 6.45) is 22.1. The van der Waals surface area contributed by atoms with Crippen molar-refractivity contribution in [1.82, 2.24) is 0 Å². The molecule has 0 amide bonds. The summed E-state index contributed by atoms with van der Waals surface area (Å²) in [6, 6.07) is 23.9. The monoisotopic (exact) mass is 814 g/mol. The second kappa shape index (κ2) is 15.4. The third-order valence-corrected chi connectivity index (χ3v) is 14.9. The van der Waals surface area contributed by atoms with Gasteiger partial charge >= 0.3 is 37.9 Å². The van der Waals surface area contributed by atoms with Gasteiger partial charge in [0.25, 0.3) is 0 Å². The van der Waals surface area contributed by atoms with E-state index in [4.69, 9.17) is 17.0 Å².